The Kier molecular flexibility index (Phi) is 7.51. The van der Waals surface area contributed by atoms with Crippen LogP contribution in [-0.4, -0.2) is 27.7 Å². The van der Waals surface area contributed by atoms with E-state index in [4.69, 9.17) is 16.3 Å². The number of aromatic nitrogens is 3. The lowest BCUT2D eigenvalue weighted by Crippen LogP contribution is -2.01. The lowest BCUT2D eigenvalue weighted by molar-refractivity contribution is 0.289. The monoisotopic (exact) mass is 414 g/mol. The number of halogens is 1. The Morgan fingerprint density at radius 1 is 1.14 bits per heavy atom. The summed E-state index contributed by atoms with van der Waals surface area (Å²) in [4.78, 5) is 0. The zero-order valence-electron chi connectivity index (χ0n) is 16.0. The predicted octanol–water partition coefficient (Wildman–Crippen LogP) is 5.53. The van der Waals surface area contributed by atoms with Gasteiger partial charge in [-0.25, -0.2) is 0 Å². The summed E-state index contributed by atoms with van der Waals surface area (Å²) in [5, 5.41) is 14.0. The minimum atomic E-state index is 0.641. The highest BCUT2D eigenvalue weighted by atomic mass is 35.5. The summed E-state index contributed by atoms with van der Waals surface area (Å²) in [5.74, 6) is 2.29. The van der Waals surface area contributed by atoms with Crippen LogP contribution in [-0.2, 0) is 5.75 Å². The Bertz CT molecular complexity index is 892. The second kappa shape index (κ2) is 10.3. The summed E-state index contributed by atoms with van der Waals surface area (Å²) in [5.41, 5.74) is 2.15. The molecule has 0 spiro atoms. The molecule has 0 aliphatic carbocycles. The fraction of sp³-hybridized carbons (Fsp3) is 0.286. The van der Waals surface area contributed by atoms with E-state index >= 15 is 0 Å². The second-order valence-electron chi connectivity index (χ2n) is 6.72. The molecule has 0 saturated carbocycles. The first kappa shape index (κ1) is 20.4. The maximum absolute atomic E-state index is 5.92. The summed E-state index contributed by atoms with van der Waals surface area (Å²) in [6.45, 7) is 5.12. The number of rotatable bonds is 9. The Labute approximate surface area is 174 Å². The van der Waals surface area contributed by atoms with Crippen molar-refractivity contribution in [2.24, 2.45) is 11.0 Å². The van der Waals surface area contributed by atoms with Crippen LogP contribution in [0.25, 0.3) is 0 Å². The maximum atomic E-state index is 5.92. The van der Waals surface area contributed by atoms with E-state index in [1.165, 1.54) is 5.56 Å². The zero-order chi connectivity index (χ0) is 19.8. The van der Waals surface area contributed by atoms with Gasteiger partial charge in [0, 0.05) is 10.8 Å². The lowest BCUT2D eigenvalue weighted by Gasteiger charge is -2.08. The predicted molar refractivity (Wildman–Crippen MR) is 115 cm³/mol. The van der Waals surface area contributed by atoms with Crippen LogP contribution in [0, 0.1) is 5.92 Å². The van der Waals surface area contributed by atoms with Crippen LogP contribution in [0.1, 0.15) is 31.4 Å². The minimum Gasteiger partial charge on any atom is -0.494 e. The van der Waals surface area contributed by atoms with Crippen molar-refractivity contribution >= 4 is 29.6 Å². The van der Waals surface area contributed by atoms with Gasteiger partial charge in [-0.15, -0.1) is 10.2 Å². The number of benzene rings is 2. The van der Waals surface area contributed by atoms with Crippen molar-refractivity contribution in [1.82, 2.24) is 14.9 Å². The summed E-state index contributed by atoms with van der Waals surface area (Å²) in [6.07, 6.45) is 4.44. The minimum absolute atomic E-state index is 0.641. The van der Waals surface area contributed by atoms with E-state index in [1.807, 2.05) is 48.5 Å². The van der Waals surface area contributed by atoms with Gasteiger partial charge in [-0.3, -0.25) is 0 Å². The number of hydrogen-bond donors (Lipinski definition) is 0. The van der Waals surface area contributed by atoms with E-state index in [-0.39, 0.29) is 0 Å². The van der Waals surface area contributed by atoms with E-state index in [2.05, 4.69) is 29.1 Å². The number of nitrogens with zero attached hydrogens (tertiary/aromatic N) is 4. The van der Waals surface area contributed by atoms with Crippen LogP contribution in [0.4, 0.5) is 0 Å². The van der Waals surface area contributed by atoms with Crippen LogP contribution in [0.3, 0.4) is 0 Å². The summed E-state index contributed by atoms with van der Waals surface area (Å²) in [6, 6.07) is 15.7. The van der Waals surface area contributed by atoms with Gasteiger partial charge < -0.3 is 4.74 Å². The Balaban J connectivity index is 1.56. The van der Waals surface area contributed by atoms with Crippen LogP contribution >= 0.6 is 23.4 Å². The van der Waals surface area contributed by atoms with Gasteiger partial charge in [-0.1, -0.05) is 49.3 Å². The average Bonchev–Trinajstić information content (AvgIpc) is 3.14. The highest BCUT2D eigenvalue weighted by Gasteiger charge is 2.05. The Morgan fingerprint density at radius 3 is 2.61 bits per heavy atom. The molecule has 3 aromatic rings. The number of ether oxygens (including phenoxy) is 1. The van der Waals surface area contributed by atoms with E-state index in [1.54, 1.807) is 29.0 Å². The van der Waals surface area contributed by atoms with Gasteiger partial charge in [0.25, 0.3) is 0 Å². The third-order valence-electron chi connectivity index (χ3n) is 3.96. The molecule has 146 valence electrons. The molecule has 0 saturated heterocycles. The molecule has 28 heavy (non-hydrogen) atoms. The van der Waals surface area contributed by atoms with Crippen molar-refractivity contribution in [3.05, 3.63) is 71.0 Å². The van der Waals surface area contributed by atoms with Crippen molar-refractivity contribution in [1.29, 1.82) is 0 Å². The van der Waals surface area contributed by atoms with Crippen molar-refractivity contribution in [2.75, 3.05) is 6.61 Å². The molecular weight excluding hydrogens is 392 g/mol. The quantitative estimate of drug-likeness (QED) is 0.341. The molecule has 0 fully saturated rings. The van der Waals surface area contributed by atoms with Crippen molar-refractivity contribution in [2.45, 2.75) is 31.2 Å². The van der Waals surface area contributed by atoms with E-state index in [0.29, 0.717) is 5.92 Å². The van der Waals surface area contributed by atoms with Crippen molar-refractivity contribution < 1.29 is 4.74 Å². The Hall–Kier alpha value is -2.31. The largest absolute Gasteiger partial charge is 0.494 e. The van der Waals surface area contributed by atoms with E-state index < -0.39 is 0 Å². The molecule has 0 radical (unpaired) electrons. The van der Waals surface area contributed by atoms with Gasteiger partial charge in [0.1, 0.15) is 12.1 Å². The Morgan fingerprint density at radius 2 is 1.89 bits per heavy atom. The molecule has 1 aromatic heterocycles. The van der Waals surface area contributed by atoms with Gasteiger partial charge in [-0.2, -0.15) is 9.78 Å². The SMILES string of the molecule is CC(C)CCOc1ccc(/C=N/n2cnnc2SCc2ccc(Cl)cc2)cc1. The van der Waals surface area contributed by atoms with Gasteiger partial charge in [0.05, 0.1) is 12.8 Å². The van der Waals surface area contributed by atoms with Crippen molar-refractivity contribution in [3.63, 3.8) is 0 Å². The van der Waals surface area contributed by atoms with Gasteiger partial charge in [0.2, 0.25) is 5.16 Å². The highest BCUT2D eigenvalue weighted by Crippen LogP contribution is 2.21. The summed E-state index contributed by atoms with van der Waals surface area (Å²) >= 11 is 7.50. The van der Waals surface area contributed by atoms with E-state index in [0.717, 1.165) is 40.3 Å². The maximum Gasteiger partial charge on any atom is 0.212 e. The van der Waals surface area contributed by atoms with Crippen LogP contribution in [0.2, 0.25) is 5.02 Å². The molecule has 0 amide bonds. The third kappa shape index (κ3) is 6.39. The normalized spacial score (nSPS) is 11.4. The highest BCUT2D eigenvalue weighted by molar-refractivity contribution is 7.98. The molecular formula is C21H23ClN4OS. The smallest absolute Gasteiger partial charge is 0.212 e. The molecule has 0 atom stereocenters. The van der Waals surface area contributed by atoms with E-state index in [9.17, 15) is 0 Å². The molecule has 0 N–H and O–H groups in total. The molecule has 5 nitrogen and oxygen atoms in total. The lowest BCUT2D eigenvalue weighted by atomic mass is 10.1. The molecule has 0 aliphatic heterocycles. The zero-order valence-corrected chi connectivity index (χ0v) is 17.5. The summed E-state index contributed by atoms with van der Waals surface area (Å²) < 4.78 is 7.42. The van der Waals surface area contributed by atoms with Crippen LogP contribution in [0.5, 0.6) is 5.75 Å². The molecule has 1 heterocycles. The first-order valence-electron chi connectivity index (χ1n) is 9.14. The van der Waals surface area contributed by atoms with Crippen LogP contribution < -0.4 is 4.74 Å². The fourth-order valence-corrected chi connectivity index (χ4v) is 3.26. The fourth-order valence-electron chi connectivity index (χ4n) is 2.31. The number of hydrogen-bond acceptors (Lipinski definition) is 5. The molecule has 7 heteroatoms. The second-order valence-corrected chi connectivity index (χ2v) is 8.10. The standard InChI is InChI=1S/C21H23ClN4OS/c1-16(2)11-12-27-20-9-5-17(6-10-20)13-24-26-15-23-25-21(26)28-14-18-3-7-19(22)8-4-18/h3-10,13,15-16H,11-12,14H2,1-2H3/b24-13+. The molecule has 0 bridgehead atoms. The first-order valence-corrected chi connectivity index (χ1v) is 10.5. The summed E-state index contributed by atoms with van der Waals surface area (Å²) in [7, 11) is 0. The topological polar surface area (TPSA) is 52.3 Å². The molecule has 0 unspecified atom stereocenters. The molecule has 3 rings (SSSR count). The third-order valence-corrected chi connectivity index (χ3v) is 5.21. The molecule has 2 aromatic carbocycles. The molecule has 0 aliphatic rings. The number of thioether (sulfide) groups is 1. The first-order chi connectivity index (χ1) is 13.6. The van der Waals surface area contributed by atoms with Gasteiger partial charge >= 0.3 is 0 Å². The van der Waals surface area contributed by atoms with Crippen molar-refractivity contribution in [3.8, 4) is 5.75 Å². The van der Waals surface area contributed by atoms with Gasteiger partial charge in [0.15, 0.2) is 0 Å². The van der Waals surface area contributed by atoms with Crippen LogP contribution in [0.15, 0.2) is 65.1 Å². The van der Waals surface area contributed by atoms with Gasteiger partial charge in [-0.05, 0) is 59.9 Å². The average molecular weight is 415 g/mol.